The van der Waals surface area contributed by atoms with Crippen molar-refractivity contribution in [1.82, 2.24) is 5.32 Å². The summed E-state index contributed by atoms with van der Waals surface area (Å²) in [5.74, 6) is 0.499. The van der Waals surface area contributed by atoms with Crippen molar-refractivity contribution in [3.8, 4) is 5.75 Å². The van der Waals surface area contributed by atoms with Gasteiger partial charge in [0, 0.05) is 17.7 Å². The number of nitrogens with two attached hydrogens (primary N) is 1. The van der Waals surface area contributed by atoms with Crippen LogP contribution in [0.3, 0.4) is 0 Å². The van der Waals surface area contributed by atoms with Gasteiger partial charge in [0.25, 0.3) is 6.43 Å². The van der Waals surface area contributed by atoms with E-state index in [1.165, 1.54) is 7.11 Å². The van der Waals surface area contributed by atoms with Gasteiger partial charge in [0.15, 0.2) is 5.84 Å². The zero-order valence-corrected chi connectivity index (χ0v) is 9.86. The van der Waals surface area contributed by atoms with Crippen molar-refractivity contribution in [3.05, 3.63) is 29.3 Å². The molecule has 0 aliphatic carbocycles. The molecule has 1 aromatic carbocycles. The van der Waals surface area contributed by atoms with Crippen molar-refractivity contribution in [2.45, 2.75) is 13.0 Å². The molecule has 1 rings (SSSR count). The predicted octanol–water partition coefficient (Wildman–Crippen LogP) is 1.14. The summed E-state index contributed by atoms with van der Waals surface area (Å²) in [6, 6.07) is 4.86. The minimum absolute atomic E-state index is 0.0484. The number of halogens is 2. The number of hydrogen-bond acceptors (Lipinski definition) is 4. The fourth-order valence-electron chi connectivity index (χ4n) is 1.45. The Morgan fingerprint density at radius 3 is 2.83 bits per heavy atom. The first-order valence-corrected chi connectivity index (χ1v) is 5.22. The van der Waals surface area contributed by atoms with Gasteiger partial charge in [-0.25, -0.2) is 8.78 Å². The van der Waals surface area contributed by atoms with Gasteiger partial charge in [0.2, 0.25) is 0 Å². The Bertz CT molecular complexity index is 425. The molecule has 7 heteroatoms. The number of alkyl halides is 2. The number of ether oxygens (including phenoxy) is 1. The van der Waals surface area contributed by atoms with Crippen molar-refractivity contribution in [2.75, 3.05) is 13.7 Å². The van der Waals surface area contributed by atoms with E-state index in [1.807, 2.05) is 0 Å². The third kappa shape index (κ3) is 3.85. The monoisotopic (exact) mass is 259 g/mol. The fourth-order valence-corrected chi connectivity index (χ4v) is 1.45. The summed E-state index contributed by atoms with van der Waals surface area (Å²) in [7, 11) is 1.48. The summed E-state index contributed by atoms with van der Waals surface area (Å²) >= 11 is 0. The molecule has 0 radical (unpaired) electrons. The molecule has 18 heavy (non-hydrogen) atoms. The molecular weight excluding hydrogens is 244 g/mol. The maximum Gasteiger partial charge on any atom is 0.250 e. The predicted molar refractivity (Wildman–Crippen MR) is 63.2 cm³/mol. The van der Waals surface area contributed by atoms with E-state index >= 15 is 0 Å². The van der Waals surface area contributed by atoms with Gasteiger partial charge in [-0.15, -0.1) is 0 Å². The molecule has 1 aromatic rings. The number of rotatable bonds is 6. The first-order valence-electron chi connectivity index (χ1n) is 5.22. The maximum absolute atomic E-state index is 12.0. The number of amidine groups is 1. The third-order valence-electron chi connectivity index (χ3n) is 2.30. The standard InChI is InChI=1S/C11H15F2N3O2/c1-18-9-3-2-7(11(14)16-17)4-8(9)5-15-6-10(12)13/h2-4,10,15,17H,5-6H2,1H3,(H2,14,16). The van der Waals surface area contributed by atoms with Crippen LogP contribution in [-0.2, 0) is 6.54 Å². The summed E-state index contributed by atoms with van der Waals surface area (Å²) in [6.07, 6.45) is -2.41. The number of oxime groups is 1. The Morgan fingerprint density at radius 1 is 1.56 bits per heavy atom. The lowest BCUT2D eigenvalue weighted by Gasteiger charge is -2.11. The summed E-state index contributed by atoms with van der Waals surface area (Å²) < 4.78 is 29.1. The second-order valence-electron chi connectivity index (χ2n) is 3.53. The van der Waals surface area contributed by atoms with Crippen LogP contribution in [0.5, 0.6) is 5.75 Å². The van der Waals surface area contributed by atoms with Crippen LogP contribution in [0.1, 0.15) is 11.1 Å². The van der Waals surface area contributed by atoms with E-state index < -0.39 is 13.0 Å². The SMILES string of the molecule is COc1ccc(/C(N)=N/O)cc1CNCC(F)F. The Balaban J connectivity index is 2.85. The maximum atomic E-state index is 12.0. The zero-order chi connectivity index (χ0) is 13.5. The Kier molecular flexibility index (Phi) is 5.31. The minimum atomic E-state index is -2.41. The fraction of sp³-hybridized carbons (Fsp3) is 0.364. The van der Waals surface area contributed by atoms with Gasteiger partial charge in [-0.2, -0.15) is 0 Å². The van der Waals surface area contributed by atoms with E-state index in [2.05, 4.69) is 10.5 Å². The molecule has 0 saturated heterocycles. The Hall–Kier alpha value is -1.89. The van der Waals surface area contributed by atoms with Crippen molar-refractivity contribution >= 4 is 5.84 Å². The lowest BCUT2D eigenvalue weighted by atomic mass is 10.1. The van der Waals surface area contributed by atoms with Crippen LogP contribution in [0, 0.1) is 0 Å². The van der Waals surface area contributed by atoms with Crippen LogP contribution < -0.4 is 15.8 Å². The highest BCUT2D eigenvalue weighted by Gasteiger charge is 2.08. The van der Waals surface area contributed by atoms with Crippen molar-refractivity contribution in [3.63, 3.8) is 0 Å². The zero-order valence-electron chi connectivity index (χ0n) is 9.86. The molecule has 0 amide bonds. The molecule has 0 aliphatic heterocycles. The Morgan fingerprint density at radius 2 is 2.28 bits per heavy atom. The highest BCUT2D eigenvalue weighted by atomic mass is 19.3. The molecule has 0 aliphatic rings. The highest BCUT2D eigenvalue weighted by molar-refractivity contribution is 5.97. The third-order valence-corrected chi connectivity index (χ3v) is 2.30. The van der Waals surface area contributed by atoms with Gasteiger partial charge in [-0.1, -0.05) is 5.16 Å². The summed E-state index contributed by atoms with van der Waals surface area (Å²) in [5.41, 5.74) is 6.60. The number of nitrogens with one attached hydrogen (secondary N) is 1. The van der Waals surface area contributed by atoms with Crippen LogP contribution in [-0.4, -0.2) is 31.1 Å². The van der Waals surface area contributed by atoms with E-state index in [9.17, 15) is 8.78 Å². The van der Waals surface area contributed by atoms with Crippen molar-refractivity contribution in [2.24, 2.45) is 10.9 Å². The topological polar surface area (TPSA) is 79.9 Å². The highest BCUT2D eigenvalue weighted by Crippen LogP contribution is 2.19. The molecule has 0 spiro atoms. The number of nitrogens with zero attached hydrogens (tertiary/aromatic N) is 1. The van der Waals surface area contributed by atoms with Crippen LogP contribution in [0.2, 0.25) is 0 Å². The second kappa shape index (κ2) is 6.75. The molecule has 0 heterocycles. The summed E-state index contributed by atoms with van der Waals surface area (Å²) in [6.45, 7) is -0.197. The van der Waals surface area contributed by atoms with Crippen LogP contribution in [0.15, 0.2) is 23.4 Å². The quantitative estimate of drug-likeness (QED) is 0.310. The minimum Gasteiger partial charge on any atom is -0.496 e. The van der Waals surface area contributed by atoms with Gasteiger partial charge >= 0.3 is 0 Å². The van der Waals surface area contributed by atoms with Gasteiger partial charge in [-0.3, -0.25) is 0 Å². The van der Waals surface area contributed by atoms with E-state index in [0.717, 1.165) is 0 Å². The average Bonchev–Trinajstić information content (AvgIpc) is 2.37. The number of methoxy groups -OCH3 is 1. The normalized spacial score (nSPS) is 11.9. The van der Waals surface area contributed by atoms with Gasteiger partial charge in [-0.05, 0) is 18.2 Å². The van der Waals surface area contributed by atoms with Crippen LogP contribution in [0.4, 0.5) is 8.78 Å². The van der Waals surface area contributed by atoms with Gasteiger partial charge in [0.1, 0.15) is 5.75 Å². The van der Waals surface area contributed by atoms with Crippen molar-refractivity contribution in [1.29, 1.82) is 0 Å². The first kappa shape index (κ1) is 14.2. The molecule has 0 bridgehead atoms. The van der Waals surface area contributed by atoms with E-state index in [-0.39, 0.29) is 12.4 Å². The molecule has 0 aromatic heterocycles. The lowest BCUT2D eigenvalue weighted by Crippen LogP contribution is -2.21. The van der Waals surface area contributed by atoms with Crippen LogP contribution in [0.25, 0.3) is 0 Å². The lowest BCUT2D eigenvalue weighted by molar-refractivity contribution is 0.145. The summed E-state index contributed by atoms with van der Waals surface area (Å²) in [5, 5.41) is 14.0. The van der Waals surface area contributed by atoms with Gasteiger partial charge < -0.3 is 21.0 Å². The number of benzene rings is 1. The largest absolute Gasteiger partial charge is 0.496 e. The Labute approximate surface area is 103 Å². The molecular formula is C11H15F2N3O2. The molecule has 100 valence electrons. The molecule has 0 atom stereocenters. The molecule has 0 fully saturated rings. The van der Waals surface area contributed by atoms with E-state index in [4.69, 9.17) is 15.7 Å². The van der Waals surface area contributed by atoms with Gasteiger partial charge in [0.05, 0.1) is 13.7 Å². The molecule has 0 saturated carbocycles. The summed E-state index contributed by atoms with van der Waals surface area (Å²) in [4.78, 5) is 0. The molecule has 5 nitrogen and oxygen atoms in total. The number of hydrogen-bond donors (Lipinski definition) is 3. The smallest absolute Gasteiger partial charge is 0.250 e. The van der Waals surface area contributed by atoms with E-state index in [1.54, 1.807) is 18.2 Å². The molecule has 4 N–H and O–H groups in total. The van der Waals surface area contributed by atoms with E-state index in [0.29, 0.717) is 16.9 Å². The molecule has 0 unspecified atom stereocenters. The second-order valence-corrected chi connectivity index (χ2v) is 3.53. The average molecular weight is 259 g/mol. The van der Waals surface area contributed by atoms with Crippen LogP contribution >= 0.6 is 0 Å². The first-order chi connectivity index (χ1) is 8.58. The van der Waals surface area contributed by atoms with Crippen molar-refractivity contribution < 1.29 is 18.7 Å².